The molecular formula is C24H38. The van der Waals surface area contributed by atoms with E-state index in [-0.39, 0.29) is 0 Å². The number of hydrogen-bond donors (Lipinski definition) is 0. The molecule has 0 aliphatic heterocycles. The maximum absolute atomic E-state index is 2.53. The van der Waals surface area contributed by atoms with Crippen LogP contribution in [0.15, 0.2) is 30.3 Å². The molecule has 134 valence electrons. The molecule has 24 heavy (non-hydrogen) atoms. The Hall–Kier alpha value is -1.04. The van der Waals surface area contributed by atoms with Gasteiger partial charge in [0.1, 0.15) is 0 Å². The summed E-state index contributed by atoms with van der Waals surface area (Å²) in [5.41, 5.74) is 4.56. The Morgan fingerprint density at radius 3 is 2.21 bits per heavy atom. The van der Waals surface area contributed by atoms with Crippen molar-refractivity contribution >= 4 is 5.57 Å². The van der Waals surface area contributed by atoms with Gasteiger partial charge in [0.05, 0.1) is 0 Å². The minimum Gasteiger partial charge on any atom is -0.0804 e. The summed E-state index contributed by atoms with van der Waals surface area (Å²) in [5, 5.41) is 0. The largest absolute Gasteiger partial charge is 0.0804 e. The summed E-state index contributed by atoms with van der Waals surface area (Å²) in [6, 6.07) is 9.39. The molecule has 1 aliphatic carbocycles. The molecule has 2 rings (SSSR count). The van der Waals surface area contributed by atoms with Crippen LogP contribution in [0.3, 0.4) is 0 Å². The van der Waals surface area contributed by atoms with Gasteiger partial charge in [-0.25, -0.2) is 0 Å². The van der Waals surface area contributed by atoms with Crippen molar-refractivity contribution in [3.8, 4) is 0 Å². The highest BCUT2D eigenvalue weighted by Crippen LogP contribution is 2.33. The lowest BCUT2D eigenvalue weighted by atomic mass is 9.83. The molecule has 1 aromatic rings. The summed E-state index contributed by atoms with van der Waals surface area (Å²) in [6.07, 6.45) is 20.4. The second kappa shape index (κ2) is 11.5. The van der Waals surface area contributed by atoms with E-state index in [4.69, 9.17) is 0 Å². The van der Waals surface area contributed by atoms with Crippen LogP contribution in [0.1, 0.15) is 102 Å². The van der Waals surface area contributed by atoms with Crippen LogP contribution in [-0.2, 0) is 6.42 Å². The Morgan fingerprint density at radius 2 is 1.54 bits per heavy atom. The SMILES string of the molecule is CCCCCCCCC1CC=C(c2ccc(CCCC)cc2)CC1. The van der Waals surface area contributed by atoms with Crippen molar-refractivity contribution in [1.82, 2.24) is 0 Å². The van der Waals surface area contributed by atoms with Crippen molar-refractivity contribution in [2.75, 3.05) is 0 Å². The van der Waals surface area contributed by atoms with Crippen LogP contribution >= 0.6 is 0 Å². The summed E-state index contributed by atoms with van der Waals surface area (Å²) in [7, 11) is 0. The Kier molecular flexibility index (Phi) is 9.24. The molecule has 0 heterocycles. The molecule has 0 heteroatoms. The first kappa shape index (κ1) is 19.3. The van der Waals surface area contributed by atoms with Gasteiger partial charge in [-0.1, -0.05) is 95.6 Å². The van der Waals surface area contributed by atoms with E-state index in [1.807, 2.05) is 0 Å². The summed E-state index contributed by atoms with van der Waals surface area (Å²) in [6.45, 7) is 4.56. The van der Waals surface area contributed by atoms with Crippen LogP contribution in [0.5, 0.6) is 0 Å². The summed E-state index contributed by atoms with van der Waals surface area (Å²) in [5.74, 6) is 0.948. The van der Waals surface area contributed by atoms with Crippen molar-refractivity contribution < 1.29 is 0 Å². The lowest BCUT2D eigenvalue weighted by molar-refractivity contribution is 0.423. The number of rotatable bonds is 11. The molecule has 0 spiro atoms. The second-order valence-electron chi connectivity index (χ2n) is 7.73. The summed E-state index contributed by atoms with van der Waals surface area (Å²) < 4.78 is 0. The second-order valence-corrected chi connectivity index (χ2v) is 7.73. The van der Waals surface area contributed by atoms with Crippen LogP contribution in [-0.4, -0.2) is 0 Å². The molecular weight excluding hydrogens is 288 g/mol. The van der Waals surface area contributed by atoms with E-state index in [0.717, 1.165) is 5.92 Å². The van der Waals surface area contributed by atoms with Gasteiger partial charge in [-0.15, -0.1) is 0 Å². The van der Waals surface area contributed by atoms with Gasteiger partial charge in [0.25, 0.3) is 0 Å². The van der Waals surface area contributed by atoms with Crippen molar-refractivity contribution in [2.45, 2.75) is 97.3 Å². The fourth-order valence-corrected chi connectivity index (χ4v) is 3.89. The van der Waals surface area contributed by atoms with Crippen LogP contribution in [0.4, 0.5) is 0 Å². The molecule has 0 saturated carbocycles. The minimum atomic E-state index is 0.948. The highest BCUT2D eigenvalue weighted by Gasteiger charge is 2.15. The smallest absolute Gasteiger partial charge is 0.0228 e. The van der Waals surface area contributed by atoms with E-state index in [1.165, 1.54) is 94.6 Å². The Bertz CT molecular complexity index is 465. The van der Waals surface area contributed by atoms with Gasteiger partial charge < -0.3 is 0 Å². The molecule has 0 fully saturated rings. The molecule has 0 nitrogen and oxygen atoms in total. The van der Waals surface area contributed by atoms with Crippen molar-refractivity contribution in [2.24, 2.45) is 5.92 Å². The Morgan fingerprint density at radius 1 is 0.833 bits per heavy atom. The Balaban J connectivity index is 1.70. The van der Waals surface area contributed by atoms with Gasteiger partial charge in [0.15, 0.2) is 0 Å². The molecule has 0 aromatic heterocycles. The molecule has 0 bridgehead atoms. The topological polar surface area (TPSA) is 0 Å². The van der Waals surface area contributed by atoms with E-state index in [1.54, 1.807) is 5.57 Å². The highest BCUT2D eigenvalue weighted by atomic mass is 14.2. The molecule has 0 radical (unpaired) electrons. The number of hydrogen-bond acceptors (Lipinski definition) is 0. The average molecular weight is 327 g/mol. The average Bonchev–Trinajstić information content (AvgIpc) is 2.64. The van der Waals surface area contributed by atoms with E-state index < -0.39 is 0 Å². The maximum Gasteiger partial charge on any atom is -0.0228 e. The number of aryl methyl sites for hydroxylation is 1. The van der Waals surface area contributed by atoms with Crippen LogP contribution in [0.2, 0.25) is 0 Å². The maximum atomic E-state index is 2.53. The number of unbranched alkanes of at least 4 members (excludes halogenated alkanes) is 6. The first-order valence-corrected chi connectivity index (χ1v) is 10.6. The third-order valence-electron chi connectivity index (χ3n) is 5.63. The van der Waals surface area contributed by atoms with Gasteiger partial charge in [-0.05, 0) is 54.7 Å². The van der Waals surface area contributed by atoms with Gasteiger partial charge >= 0.3 is 0 Å². The fraction of sp³-hybridized carbons (Fsp3) is 0.667. The predicted molar refractivity (Wildman–Crippen MR) is 108 cm³/mol. The number of benzene rings is 1. The fourth-order valence-electron chi connectivity index (χ4n) is 3.89. The molecule has 0 amide bonds. The van der Waals surface area contributed by atoms with Gasteiger partial charge in [0, 0.05) is 0 Å². The lowest BCUT2D eigenvalue weighted by Crippen LogP contribution is -2.05. The Labute approximate surface area is 150 Å². The highest BCUT2D eigenvalue weighted by molar-refractivity contribution is 5.66. The van der Waals surface area contributed by atoms with Gasteiger partial charge in [0.2, 0.25) is 0 Å². The van der Waals surface area contributed by atoms with Crippen molar-refractivity contribution in [3.63, 3.8) is 0 Å². The molecule has 1 aliphatic rings. The zero-order valence-electron chi connectivity index (χ0n) is 16.2. The zero-order valence-corrected chi connectivity index (χ0v) is 16.2. The van der Waals surface area contributed by atoms with E-state index in [0.29, 0.717) is 0 Å². The van der Waals surface area contributed by atoms with Crippen LogP contribution in [0, 0.1) is 5.92 Å². The van der Waals surface area contributed by atoms with E-state index >= 15 is 0 Å². The van der Waals surface area contributed by atoms with E-state index in [9.17, 15) is 0 Å². The molecule has 0 N–H and O–H groups in total. The minimum absolute atomic E-state index is 0.948. The summed E-state index contributed by atoms with van der Waals surface area (Å²) >= 11 is 0. The van der Waals surface area contributed by atoms with Crippen LogP contribution < -0.4 is 0 Å². The van der Waals surface area contributed by atoms with Gasteiger partial charge in [-0.3, -0.25) is 0 Å². The third kappa shape index (κ3) is 6.83. The normalized spacial score (nSPS) is 17.8. The quantitative estimate of drug-likeness (QED) is 0.362. The van der Waals surface area contributed by atoms with Crippen molar-refractivity contribution in [1.29, 1.82) is 0 Å². The molecule has 0 saturated heterocycles. The first-order valence-electron chi connectivity index (χ1n) is 10.6. The number of allylic oxidation sites excluding steroid dienone is 2. The predicted octanol–water partition coefficient (Wildman–Crippen LogP) is 7.96. The zero-order chi connectivity index (χ0) is 17.0. The molecule has 1 atom stereocenters. The monoisotopic (exact) mass is 326 g/mol. The first-order chi connectivity index (χ1) is 11.8. The third-order valence-corrected chi connectivity index (χ3v) is 5.63. The summed E-state index contributed by atoms with van der Waals surface area (Å²) in [4.78, 5) is 0. The van der Waals surface area contributed by atoms with Gasteiger partial charge in [-0.2, -0.15) is 0 Å². The lowest BCUT2D eigenvalue weighted by Gasteiger charge is -2.22. The standard InChI is InChI=1S/C24H38/c1-3-5-7-8-9-10-12-22-15-19-24(20-16-22)23-17-13-21(14-18-23)11-6-4-2/h13-14,17-19,22H,3-12,15-16,20H2,1-2H3. The van der Waals surface area contributed by atoms with E-state index in [2.05, 4.69) is 44.2 Å². The molecule has 1 aromatic carbocycles. The molecule has 1 unspecified atom stereocenters. The van der Waals surface area contributed by atoms with Crippen LogP contribution in [0.25, 0.3) is 5.57 Å². The van der Waals surface area contributed by atoms with Crippen molar-refractivity contribution in [3.05, 3.63) is 41.5 Å².